The second kappa shape index (κ2) is 6.38. The highest BCUT2D eigenvalue weighted by Gasteiger charge is 2.19. The van der Waals surface area contributed by atoms with Gasteiger partial charge in [-0.2, -0.15) is 0 Å². The second-order valence-electron chi connectivity index (χ2n) is 5.75. The van der Waals surface area contributed by atoms with Gasteiger partial charge in [-0.15, -0.1) is 0 Å². The first-order chi connectivity index (χ1) is 9.11. The van der Waals surface area contributed by atoms with Crippen LogP contribution in [0.15, 0.2) is 12.1 Å². The summed E-state index contributed by atoms with van der Waals surface area (Å²) < 4.78 is 19.3. The Morgan fingerprint density at radius 1 is 1.32 bits per heavy atom. The maximum absolute atomic E-state index is 14.1. The van der Waals surface area contributed by atoms with Crippen LogP contribution in [-0.4, -0.2) is 20.2 Å². The second-order valence-corrected chi connectivity index (χ2v) is 5.75. The molecule has 19 heavy (non-hydrogen) atoms. The minimum absolute atomic E-state index is 0.224. The number of halogens is 1. The van der Waals surface area contributed by atoms with Crippen LogP contribution in [0.2, 0.25) is 0 Å². The van der Waals surface area contributed by atoms with Gasteiger partial charge in [0.15, 0.2) is 11.6 Å². The number of piperidine rings is 1. The predicted molar refractivity (Wildman–Crippen MR) is 76.3 cm³/mol. The largest absolute Gasteiger partial charge is 0.493 e. The van der Waals surface area contributed by atoms with Crippen LogP contribution in [0.25, 0.3) is 0 Å². The number of ether oxygens (including phenoxy) is 1. The molecule has 0 aliphatic carbocycles. The van der Waals surface area contributed by atoms with Gasteiger partial charge in [-0.25, -0.2) is 4.39 Å². The standard InChI is InChI=1S/C16H24FNO/c1-11(2)13-9-14(16(19-3)15(17)10-13)8-12-4-6-18-7-5-12/h9-12,18H,4-8H2,1-3H3. The van der Waals surface area contributed by atoms with E-state index in [-0.39, 0.29) is 5.82 Å². The van der Waals surface area contributed by atoms with Crippen LogP contribution in [0, 0.1) is 11.7 Å². The Balaban J connectivity index is 2.25. The molecule has 1 fully saturated rings. The van der Waals surface area contributed by atoms with Crippen LogP contribution < -0.4 is 10.1 Å². The first-order valence-electron chi connectivity index (χ1n) is 7.18. The molecule has 0 saturated carbocycles. The smallest absolute Gasteiger partial charge is 0.165 e. The van der Waals surface area contributed by atoms with Gasteiger partial charge in [0.2, 0.25) is 0 Å². The van der Waals surface area contributed by atoms with Gasteiger partial charge in [0.05, 0.1) is 7.11 Å². The van der Waals surface area contributed by atoms with Crippen LogP contribution in [-0.2, 0) is 6.42 Å². The Labute approximate surface area is 115 Å². The molecule has 0 atom stereocenters. The molecule has 1 N–H and O–H groups in total. The lowest BCUT2D eigenvalue weighted by Gasteiger charge is -2.24. The number of hydrogen-bond acceptors (Lipinski definition) is 2. The fourth-order valence-electron chi connectivity index (χ4n) is 2.78. The van der Waals surface area contributed by atoms with Crippen molar-refractivity contribution in [2.75, 3.05) is 20.2 Å². The van der Waals surface area contributed by atoms with E-state index in [0.717, 1.165) is 43.5 Å². The number of methoxy groups -OCH3 is 1. The van der Waals surface area contributed by atoms with Gasteiger partial charge >= 0.3 is 0 Å². The van der Waals surface area contributed by atoms with Crippen LogP contribution in [0.4, 0.5) is 4.39 Å². The lowest BCUT2D eigenvalue weighted by Crippen LogP contribution is -2.28. The average Bonchev–Trinajstić information content (AvgIpc) is 2.39. The summed E-state index contributed by atoms with van der Waals surface area (Å²) in [5.74, 6) is 1.18. The molecular weight excluding hydrogens is 241 g/mol. The third-order valence-electron chi connectivity index (χ3n) is 3.98. The highest BCUT2D eigenvalue weighted by molar-refractivity contribution is 5.40. The van der Waals surface area contributed by atoms with E-state index in [1.54, 1.807) is 13.2 Å². The molecule has 0 bridgehead atoms. The average molecular weight is 265 g/mol. The topological polar surface area (TPSA) is 21.3 Å². The monoisotopic (exact) mass is 265 g/mol. The lowest BCUT2D eigenvalue weighted by atomic mass is 9.89. The molecule has 2 nitrogen and oxygen atoms in total. The molecule has 1 aliphatic rings. The fraction of sp³-hybridized carbons (Fsp3) is 0.625. The maximum Gasteiger partial charge on any atom is 0.165 e. The summed E-state index contributed by atoms with van der Waals surface area (Å²) in [7, 11) is 1.55. The zero-order valence-corrected chi connectivity index (χ0v) is 12.1. The van der Waals surface area contributed by atoms with Gasteiger partial charge < -0.3 is 10.1 Å². The zero-order chi connectivity index (χ0) is 13.8. The van der Waals surface area contributed by atoms with E-state index < -0.39 is 0 Å². The van der Waals surface area contributed by atoms with Crippen molar-refractivity contribution in [1.29, 1.82) is 0 Å². The summed E-state index contributed by atoms with van der Waals surface area (Å²) in [5, 5.41) is 3.36. The normalized spacial score (nSPS) is 16.9. The van der Waals surface area contributed by atoms with Crippen LogP contribution in [0.1, 0.15) is 43.7 Å². The van der Waals surface area contributed by atoms with Gasteiger partial charge in [0.1, 0.15) is 0 Å². The van der Waals surface area contributed by atoms with Crippen molar-refractivity contribution in [1.82, 2.24) is 5.32 Å². The van der Waals surface area contributed by atoms with Gasteiger partial charge in [-0.3, -0.25) is 0 Å². The number of rotatable bonds is 4. The van der Waals surface area contributed by atoms with Gasteiger partial charge in [0.25, 0.3) is 0 Å². The van der Waals surface area contributed by atoms with Gasteiger partial charge in [-0.1, -0.05) is 19.9 Å². The molecule has 3 heteroatoms. The maximum atomic E-state index is 14.1. The molecule has 0 aromatic heterocycles. The van der Waals surface area contributed by atoms with Crippen molar-refractivity contribution in [3.63, 3.8) is 0 Å². The Bertz CT molecular complexity index is 425. The molecule has 1 aliphatic heterocycles. The first kappa shape index (κ1) is 14.3. The Kier molecular flexibility index (Phi) is 4.81. The molecular formula is C16H24FNO. The summed E-state index contributed by atoms with van der Waals surface area (Å²) in [6.45, 7) is 6.32. The fourth-order valence-corrected chi connectivity index (χ4v) is 2.78. The first-order valence-corrected chi connectivity index (χ1v) is 7.18. The van der Waals surface area contributed by atoms with E-state index in [2.05, 4.69) is 25.2 Å². The Morgan fingerprint density at radius 2 is 2.00 bits per heavy atom. The van der Waals surface area contributed by atoms with E-state index in [1.165, 1.54) is 0 Å². The van der Waals surface area contributed by atoms with Crippen molar-refractivity contribution in [2.45, 2.75) is 39.0 Å². The van der Waals surface area contributed by atoms with Crippen LogP contribution in [0.5, 0.6) is 5.75 Å². The number of nitrogens with one attached hydrogen (secondary N) is 1. The highest BCUT2D eigenvalue weighted by Crippen LogP contribution is 2.31. The van der Waals surface area contributed by atoms with E-state index >= 15 is 0 Å². The molecule has 1 aromatic carbocycles. The summed E-state index contributed by atoms with van der Waals surface area (Å²) in [5.41, 5.74) is 2.08. The SMILES string of the molecule is COc1c(F)cc(C(C)C)cc1CC1CCNCC1. The molecule has 0 unspecified atom stereocenters. The van der Waals surface area contributed by atoms with Gasteiger partial charge in [0, 0.05) is 0 Å². The van der Waals surface area contributed by atoms with E-state index in [9.17, 15) is 4.39 Å². The van der Waals surface area contributed by atoms with Crippen LogP contribution >= 0.6 is 0 Å². The molecule has 0 radical (unpaired) electrons. The third kappa shape index (κ3) is 3.47. The van der Waals surface area contributed by atoms with Crippen molar-refractivity contribution in [3.8, 4) is 5.75 Å². The predicted octanol–water partition coefficient (Wildman–Crippen LogP) is 3.50. The summed E-state index contributed by atoms with van der Waals surface area (Å²) in [6.07, 6.45) is 3.25. The Hall–Kier alpha value is -1.09. The van der Waals surface area contributed by atoms with Crippen molar-refractivity contribution < 1.29 is 9.13 Å². The van der Waals surface area contributed by atoms with Crippen molar-refractivity contribution in [3.05, 3.63) is 29.1 Å². The third-order valence-corrected chi connectivity index (χ3v) is 3.98. The molecule has 1 saturated heterocycles. The van der Waals surface area contributed by atoms with Crippen molar-refractivity contribution >= 4 is 0 Å². The molecule has 1 heterocycles. The Morgan fingerprint density at radius 3 is 2.58 bits per heavy atom. The quantitative estimate of drug-likeness (QED) is 0.899. The summed E-state index contributed by atoms with van der Waals surface area (Å²) in [4.78, 5) is 0. The number of benzene rings is 1. The molecule has 1 aromatic rings. The summed E-state index contributed by atoms with van der Waals surface area (Å²) in [6, 6.07) is 3.73. The van der Waals surface area contributed by atoms with Crippen LogP contribution in [0.3, 0.4) is 0 Å². The van der Waals surface area contributed by atoms with Crippen molar-refractivity contribution in [2.24, 2.45) is 5.92 Å². The number of hydrogen-bond donors (Lipinski definition) is 1. The minimum atomic E-state index is -0.224. The molecule has 106 valence electrons. The van der Waals surface area contributed by atoms with E-state index in [4.69, 9.17) is 4.74 Å². The molecule has 0 amide bonds. The molecule has 2 rings (SSSR count). The highest BCUT2D eigenvalue weighted by atomic mass is 19.1. The van der Waals surface area contributed by atoms with E-state index in [0.29, 0.717) is 17.6 Å². The zero-order valence-electron chi connectivity index (χ0n) is 12.1. The summed E-state index contributed by atoms with van der Waals surface area (Å²) >= 11 is 0. The minimum Gasteiger partial charge on any atom is -0.493 e. The van der Waals surface area contributed by atoms with Gasteiger partial charge in [-0.05, 0) is 61.4 Å². The lowest BCUT2D eigenvalue weighted by molar-refractivity contribution is 0.352. The molecule has 0 spiro atoms. The van der Waals surface area contributed by atoms with E-state index in [1.807, 2.05) is 0 Å².